The van der Waals surface area contributed by atoms with E-state index in [0.29, 0.717) is 22.3 Å². The van der Waals surface area contributed by atoms with E-state index in [4.69, 9.17) is 0 Å². The zero-order chi connectivity index (χ0) is 15.6. The first-order valence-electron chi connectivity index (χ1n) is 6.19. The number of ether oxygens (including phenoxy) is 1. The molecule has 0 spiro atoms. The van der Waals surface area contributed by atoms with Crippen molar-refractivity contribution < 1.29 is 22.7 Å². The van der Waals surface area contributed by atoms with Crippen molar-refractivity contribution in [2.24, 2.45) is 0 Å². The minimum atomic E-state index is -4.38. The summed E-state index contributed by atoms with van der Waals surface area (Å²) in [5.74, 6) is -0.484. The van der Waals surface area contributed by atoms with Crippen molar-refractivity contribution in [1.29, 1.82) is 0 Å². The van der Waals surface area contributed by atoms with Gasteiger partial charge in [-0.05, 0) is 47.9 Å². The average molecular weight is 294 g/mol. The van der Waals surface area contributed by atoms with Crippen LogP contribution in [-0.4, -0.2) is 13.1 Å². The quantitative estimate of drug-likeness (QED) is 0.764. The van der Waals surface area contributed by atoms with Gasteiger partial charge >= 0.3 is 12.1 Å². The summed E-state index contributed by atoms with van der Waals surface area (Å²) in [6, 6.07) is 10.1. The Hall–Kier alpha value is -2.30. The number of hydrogen-bond donors (Lipinski definition) is 0. The number of alkyl halides is 3. The summed E-state index contributed by atoms with van der Waals surface area (Å²) in [6.45, 7) is 1.61. The van der Waals surface area contributed by atoms with E-state index in [2.05, 4.69) is 4.74 Å². The molecule has 2 rings (SSSR count). The van der Waals surface area contributed by atoms with Gasteiger partial charge in [0.05, 0.1) is 18.2 Å². The van der Waals surface area contributed by atoms with Crippen LogP contribution >= 0.6 is 0 Å². The minimum absolute atomic E-state index is 0.352. The fourth-order valence-electron chi connectivity index (χ4n) is 2.03. The second-order valence-electron chi connectivity index (χ2n) is 4.65. The number of methoxy groups -OCH3 is 1. The Kier molecular flexibility index (Phi) is 4.02. The van der Waals surface area contributed by atoms with Crippen LogP contribution in [0.2, 0.25) is 0 Å². The van der Waals surface area contributed by atoms with Crippen LogP contribution in [-0.2, 0) is 10.9 Å². The number of carbonyl (C=O) groups excluding carboxylic acids is 1. The zero-order valence-corrected chi connectivity index (χ0v) is 11.5. The lowest BCUT2D eigenvalue weighted by molar-refractivity contribution is -0.137. The van der Waals surface area contributed by atoms with Crippen LogP contribution in [0.4, 0.5) is 13.2 Å². The van der Waals surface area contributed by atoms with Gasteiger partial charge in [-0.25, -0.2) is 4.79 Å². The van der Waals surface area contributed by atoms with Gasteiger partial charge < -0.3 is 4.74 Å². The first kappa shape index (κ1) is 15.1. The van der Waals surface area contributed by atoms with E-state index in [0.717, 1.165) is 12.1 Å². The molecule has 2 aromatic rings. The summed E-state index contributed by atoms with van der Waals surface area (Å²) in [5, 5.41) is 0. The Labute approximate surface area is 120 Å². The molecule has 110 valence electrons. The Balaban J connectivity index is 2.42. The molecule has 2 aromatic carbocycles. The normalized spacial score (nSPS) is 11.3. The van der Waals surface area contributed by atoms with Crippen LogP contribution in [0.15, 0.2) is 42.5 Å². The predicted molar refractivity (Wildman–Crippen MR) is 73.0 cm³/mol. The van der Waals surface area contributed by atoms with Gasteiger partial charge in [0.25, 0.3) is 0 Å². The molecular weight excluding hydrogens is 281 g/mol. The molecule has 0 unspecified atom stereocenters. The second kappa shape index (κ2) is 5.60. The van der Waals surface area contributed by atoms with Crippen molar-refractivity contribution in [2.75, 3.05) is 7.11 Å². The summed E-state index contributed by atoms with van der Waals surface area (Å²) in [5.41, 5.74) is 1.26. The molecule has 0 aliphatic heterocycles. The molecule has 0 amide bonds. The van der Waals surface area contributed by atoms with E-state index in [-0.39, 0.29) is 0 Å². The zero-order valence-electron chi connectivity index (χ0n) is 11.5. The maximum absolute atomic E-state index is 12.8. The van der Waals surface area contributed by atoms with Crippen LogP contribution in [0.5, 0.6) is 0 Å². The highest BCUT2D eigenvalue weighted by Crippen LogP contribution is 2.33. The third-order valence-electron chi connectivity index (χ3n) is 3.04. The monoisotopic (exact) mass is 294 g/mol. The van der Waals surface area contributed by atoms with Gasteiger partial charge in [-0.15, -0.1) is 0 Å². The second-order valence-corrected chi connectivity index (χ2v) is 4.65. The Morgan fingerprint density at radius 1 is 1.00 bits per heavy atom. The van der Waals surface area contributed by atoms with Crippen molar-refractivity contribution in [1.82, 2.24) is 0 Å². The van der Waals surface area contributed by atoms with Crippen molar-refractivity contribution in [2.45, 2.75) is 13.1 Å². The van der Waals surface area contributed by atoms with Gasteiger partial charge in [-0.1, -0.05) is 18.2 Å². The minimum Gasteiger partial charge on any atom is -0.465 e. The number of carbonyl (C=O) groups is 1. The molecule has 0 heterocycles. The Bertz CT molecular complexity index is 658. The molecule has 21 heavy (non-hydrogen) atoms. The molecule has 0 fully saturated rings. The van der Waals surface area contributed by atoms with Crippen LogP contribution in [0.1, 0.15) is 21.5 Å². The number of hydrogen-bond acceptors (Lipinski definition) is 2. The van der Waals surface area contributed by atoms with Crippen molar-refractivity contribution >= 4 is 5.97 Å². The third-order valence-corrected chi connectivity index (χ3v) is 3.04. The number of halogens is 3. The van der Waals surface area contributed by atoms with E-state index in [9.17, 15) is 18.0 Å². The van der Waals surface area contributed by atoms with Crippen LogP contribution in [0.3, 0.4) is 0 Å². The standard InChI is InChI=1S/C16H13F3O2/c1-10-7-13(9-14(8-10)16(17,18)19)11-3-5-12(6-4-11)15(20)21-2/h3-9H,1-2H3. The molecule has 0 saturated heterocycles. The van der Waals surface area contributed by atoms with Gasteiger partial charge in [0, 0.05) is 0 Å². The maximum Gasteiger partial charge on any atom is 0.416 e. The maximum atomic E-state index is 12.8. The van der Waals surface area contributed by atoms with Gasteiger partial charge in [0.1, 0.15) is 0 Å². The molecule has 0 atom stereocenters. The molecule has 0 radical (unpaired) electrons. The Morgan fingerprint density at radius 3 is 2.14 bits per heavy atom. The fraction of sp³-hybridized carbons (Fsp3) is 0.188. The topological polar surface area (TPSA) is 26.3 Å². The summed E-state index contributed by atoms with van der Waals surface area (Å²) < 4.78 is 43.0. The molecule has 5 heteroatoms. The highest BCUT2D eigenvalue weighted by molar-refractivity contribution is 5.90. The molecule has 0 N–H and O–H groups in total. The molecule has 0 aliphatic carbocycles. The average Bonchev–Trinajstić information content (AvgIpc) is 2.45. The number of benzene rings is 2. The lowest BCUT2D eigenvalue weighted by Gasteiger charge is -2.11. The van der Waals surface area contributed by atoms with Gasteiger partial charge in [0.2, 0.25) is 0 Å². The molecule has 0 bridgehead atoms. The van der Waals surface area contributed by atoms with E-state index < -0.39 is 17.7 Å². The van der Waals surface area contributed by atoms with E-state index in [1.54, 1.807) is 25.1 Å². The van der Waals surface area contributed by atoms with Crippen molar-refractivity contribution in [3.63, 3.8) is 0 Å². The fourth-order valence-corrected chi connectivity index (χ4v) is 2.03. The molecule has 0 saturated carbocycles. The molecule has 0 aliphatic rings. The third kappa shape index (κ3) is 3.42. The highest BCUT2D eigenvalue weighted by atomic mass is 19.4. The summed E-state index contributed by atoms with van der Waals surface area (Å²) in [6.07, 6.45) is -4.38. The van der Waals surface area contributed by atoms with E-state index >= 15 is 0 Å². The number of aryl methyl sites for hydroxylation is 1. The van der Waals surface area contributed by atoms with Gasteiger partial charge in [-0.3, -0.25) is 0 Å². The van der Waals surface area contributed by atoms with E-state index in [1.807, 2.05) is 0 Å². The molecular formula is C16H13F3O2. The highest BCUT2D eigenvalue weighted by Gasteiger charge is 2.30. The summed E-state index contributed by atoms with van der Waals surface area (Å²) in [7, 11) is 1.27. The SMILES string of the molecule is COC(=O)c1ccc(-c2cc(C)cc(C(F)(F)F)c2)cc1. The van der Waals surface area contributed by atoms with Gasteiger partial charge in [0.15, 0.2) is 0 Å². The van der Waals surface area contributed by atoms with Crippen molar-refractivity contribution in [3.05, 3.63) is 59.2 Å². The van der Waals surface area contributed by atoms with Crippen LogP contribution in [0, 0.1) is 6.92 Å². The molecule has 2 nitrogen and oxygen atoms in total. The smallest absolute Gasteiger partial charge is 0.416 e. The van der Waals surface area contributed by atoms with Crippen LogP contribution in [0.25, 0.3) is 11.1 Å². The Morgan fingerprint density at radius 2 is 1.62 bits per heavy atom. The summed E-state index contributed by atoms with van der Waals surface area (Å²) in [4.78, 5) is 11.3. The lowest BCUT2D eigenvalue weighted by Crippen LogP contribution is -2.05. The largest absolute Gasteiger partial charge is 0.465 e. The summed E-state index contributed by atoms with van der Waals surface area (Å²) >= 11 is 0. The first-order chi connectivity index (χ1) is 9.81. The first-order valence-corrected chi connectivity index (χ1v) is 6.19. The van der Waals surface area contributed by atoms with Crippen LogP contribution < -0.4 is 0 Å². The number of rotatable bonds is 2. The lowest BCUT2D eigenvalue weighted by atomic mass is 9.99. The van der Waals surface area contributed by atoms with Crippen molar-refractivity contribution in [3.8, 4) is 11.1 Å². The van der Waals surface area contributed by atoms with E-state index in [1.165, 1.54) is 19.2 Å². The number of esters is 1. The van der Waals surface area contributed by atoms with Gasteiger partial charge in [-0.2, -0.15) is 13.2 Å². The molecule has 0 aromatic heterocycles. The predicted octanol–water partition coefficient (Wildman–Crippen LogP) is 4.47.